The van der Waals surface area contributed by atoms with Crippen LogP contribution in [0.25, 0.3) is 0 Å². The summed E-state index contributed by atoms with van der Waals surface area (Å²) in [6.07, 6.45) is 0. The summed E-state index contributed by atoms with van der Waals surface area (Å²) in [5.74, 6) is -0.409. The first-order chi connectivity index (χ1) is 7.33. The molecule has 0 bridgehead atoms. The zero-order valence-corrected chi connectivity index (χ0v) is 9.91. The van der Waals surface area contributed by atoms with Crippen LogP contribution in [0.1, 0.15) is 36.7 Å². The second-order valence-electron chi connectivity index (χ2n) is 4.63. The molecule has 1 aromatic carbocycles. The van der Waals surface area contributed by atoms with Crippen molar-refractivity contribution in [3.05, 3.63) is 29.3 Å². The summed E-state index contributed by atoms with van der Waals surface area (Å²) in [7, 11) is 0. The minimum atomic E-state index is -0.518. The fourth-order valence-electron chi connectivity index (χ4n) is 1.26. The minimum absolute atomic E-state index is 0.382. The predicted octanol–water partition coefficient (Wildman–Crippen LogP) is 1.68. The molecule has 0 heterocycles. The van der Waals surface area contributed by atoms with Crippen LogP contribution in [-0.2, 0) is 11.3 Å². The van der Waals surface area contributed by atoms with Gasteiger partial charge in [-0.2, -0.15) is 0 Å². The highest BCUT2D eigenvalue weighted by atomic mass is 16.6. The van der Waals surface area contributed by atoms with Crippen molar-refractivity contribution in [3.8, 4) is 0 Å². The maximum absolute atomic E-state index is 11.7. The van der Waals surface area contributed by atoms with Gasteiger partial charge >= 0.3 is 5.97 Å². The van der Waals surface area contributed by atoms with Crippen LogP contribution in [0.15, 0.2) is 18.2 Å². The van der Waals surface area contributed by atoms with Gasteiger partial charge in [-0.1, -0.05) is 6.07 Å². The molecule has 1 rings (SSSR count). The van der Waals surface area contributed by atoms with Crippen molar-refractivity contribution in [2.45, 2.75) is 32.9 Å². The van der Waals surface area contributed by atoms with E-state index in [9.17, 15) is 4.79 Å². The Morgan fingerprint density at radius 2 is 2.00 bits per heavy atom. The number of rotatable bonds is 2. The summed E-state index contributed by atoms with van der Waals surface area (Å²) in [6, 6.07) is 5.11. The number of carbonyl (C=O) groups excluding carboxylic acids is 1. The number of carbonyl (C=O) groups is 1. The molecule has 0 fully saturated rings. The van der Waals surface area contributed by atoms with E-state index in [4.69, 9.17) is 16.2 Å². The van der Waals surface area contributed by atoms with Crippen molar-refractivity contribution >= 4 is 11.7 Å². The van der Waals surface area contributed by atoms with E-state index in [1.165, 1.54) is 0 Å². The van der Waals surface area contributed by atoms with Crippen molar-refractivity contribution in [3.63, 3.8) is 0 Å². The monoisotopic (exact) mass is 222 g/mol. The van der Waals surface area contributed by atoms with Crippen molar-refractivity contribution in [2.75, 3.05) is 5.73 Å². The maximum Gasteiger partial charge on any atom is 0.340 e. The Bertz CT molecular complexity index is 394. The molecule has 0 atom stereocenters. The number of nitrogens with two attached hydrogens (primary N) is 2. The molecule has 0 amide bonds. The number of esters is 1. The third-order valence-corrected chi connectivity index (χ3v) is 1.97. The number of benzene rings is 1. The lowest BCUT2D eigenvalue weighted by Crippen LogP contribution is -2.24. The standard InChI is InChI=1S/C12H18N2O2/c1-12(2,3)16-11(15)9-5-4-8(7-13)6-10(9)14/h4-6H,7,13-14H2,1-3H3. The molecular weight excluding hydrogens is 204 g/mol. The molecular formula is C12H18N2O2. The molecule has 16 heavy (non-hydrogen) atoms. The Kier molecular flexibility index (Phi) is 3.55. The second kappa shape index (κ2) is 4.53. The van der Waals surface area contributed by atoms with Crippen molar-refractivity contribution in [1.29, 1.82) is 0 Å². The summed E-state index contributed by atoms with van der Waals surface area (Å²) in [5, 5.41) is 0. The largest absolute Gasteiger partial charge is 0.456 e. The molecule has 1 aromatic rings. The van der Waals surface area contributed by atoms with Crippen LogP contribution >= 0.6 is 0 Å². The number of ether oxygens (including phenoxy) is 1. The topological polar surface area (TPSA) is 78.3 Å². The molecule has 0 aliphatic rings. The highest BCUT2D eigenvalue weighted by molar-refractivity contribution is 5.95. The van der Waals surface area contributed by atoms with Gasteiger partial charge in [0, 0.05) is 12.2 Å². The minimum Gasteiger partial charge on any atom is -0.456 e. The Hall–Kier alpha value is -1.55. The van der Waals surface area contributed by atoms with Gasteiger partial charge in [0.05, 0.1) is 5.56 Å². The van der Waals surface area contributed by atoms with Crippen LogP contribution < -0.4 is 11.5 Å². The van der Waals surface area contributed by atoms with E-state index in [-0.39, 0.29) is 0 Å². The van der Waals surface area contributed by atoms with Crippen molar-refractivity contribution in [1.82, 2.24) is 0 Å². The molecule has 0 spiro atoms. The summed E-state index contributed by atoms with van der Waals surface area (Å²) in [6.45, 7) is 5.85. The number of hydrogen-bond donors (Lipinski definition) is 2. The fraction of sp³-hybridized carbons (Fsp3) is 0.417. The molecule has 0 unspecified atom stereocenters. The van der Waals surface area contributed by atoms with Gasteiger partial charge in [-0.3, -0.25) is 0 Å². The van der Waals surface area contributed by atoms with Gasteiger partial charge in [0.2, 0.25) is 0 Å². The Balaban J connectivity index is 2.93. The van der Waals surface area contributed by atoms with E-state index in [1.807, 2.05) is 20.8 Å². The molecule has 4 N–H and O–H groups in total. The van der Waals surface area contributed by atoms with E-state index in [0.29, 0.717) is 17.8 Å². The first kappa shape index (κ1) is 12.5. The van der Waals surface area contributed by atoms with E-state index in [2.05, 4.69) is 0 Å². The average Bonchev–Trinajstić information content (AvgIpc) is 2.14. The normalized spacial score (nSPS) is 11.2. The van der Waals surface area contributed by atoms with Gasteiger partial charge in [-0.15, -0.1) is 0 Å². The van der Waals surface area contributed by atoms with Crippen LogP contribution in [0, 0.1) is 0 Å². The molecule has 0 aliphatic carbocycles. The second-order valence-corrected chi connectivity index (χ2v) is 4.63. The van der Waals surface area contributed by atoms with Gasteiger partial charge in [0.15, 0.2) is 0 Å². The molecule has 0 aromatic heterocycles. The molecule has 0 radical (unpaired) electrons. The Labute approximate surface area is 95.6 Å². The molecule has 4 heteroatoms. The highest BCUT2D eigenvalue weighted by Gasteiger charge is 2.19. The SMILES string of the molecule is CC(C)(C)OC(=O)c1ccc(CN)cc1N. The van der Waals surface area contributed by atoms with E-state index >= 15 is 0 Å². The van der Waals surface area contributed by atoms with Gasteiger partial charge < -0.3 is 16.2 Å². The smallest absolute Gasteiger partial charge is 0.340 e. The van der Waals surface area contributed by atoms with E-state index in [0.717, 1.165) is 5.56 Å². The maximum atomic E-state index is 11.7. The first-order valence-corrected chi connectivity index (χ1v) is 5.15. The van der Waals surface area contributed by atoms with Crippen LogP contribution in [0.4, 0.5) is 5.69 Å². The third-order valence-electron chi connectivity index (χ3n) is 1.97. The number of nitrogen functional groups attached to an aromatic ring is 1. The van der Waals surface area contributed by atoms with Crippen LogP contribution in [0.5, 0.6) is 0 Å². The lowest BCUT2D eigenvalue weighted by molar-refractivity contribution is 0.00708. The summed E-state index contributed by atoms with van der Waals surface area (Å²) >= 11 is 0. The first-order valence-electron chi connectivity index (χ1n) is 5.15. The Morgan fingerprint density at radius 1 is 1.38 bits per heavy atom. The number of anilines is 1. The summed E-state index contributed by atoms with van der Waals surface area (Å²) < 4.78 is 5.23. The van der Waals surface area contributed by atoms with Gasteiger partial charge in [-0.25, -0.2) is 4.79 Å². The summed E-state index contributed by atoms with van der Waals surface area (Å²) in [5.41, 5.74) is 12.4. The molecule has 0 saturated carbocycles. The quantitative estimate of drug-likeness (QED) is 0.589. The average molecular weight is 222 g/mol. The van der Waals surface area contributed by atoms with E-state index < -0.39 is 11.6 Å². The lowest BCUT2D eigenvalue weighted by atomic mass is 10.1. The van der Waals surface area contributed by atoms with Gasteiger partial charge in [0.25, 0.3) is 0 Å². The summed E-state index contributed by atoms with van der Waals surface area (Å²) in [4.78, 5) is 11.7. The molecule has 4 nitrogen and oxygen atoms in total. The fourth-order valence-corrected chi connectivity index (χ4v) is 1.26. The van der Waals surface area contributed by atoms with E-state index in [1.54, 1.807) is 18.2 Å². The zero-order chi connectivity index (χ0) is 12.3. The zero-order valence-electron chi connectivity index (χ0n) is 9.91. The van der Waals surface area contributed by atoms with Crippen LogP contribution in [-0.4, -0.2) is 11.6 Å². The van der Waals surface area contributed by atoms with Crippen LogP contribution in [0.2, 0.25) is 0 Å². The van der Waals surface area contributed by atoms with Crippen molar-refractivity contribution in [2.24, 2.45) is 5.73 Å². The van der Waals surface area contributed by atoms with Crippen LogP contribution in [0.3, 0.4) is 0 Å². The third kappa shape index (κ3) is 3.24. The Morgan fingerprint density at radius 3 is 2.44 bits per heavy atom. The van der Waals surface area contributed by atoms with Gasteiger partial charge in [0.1, 0.15) is 5.60 Å². The molecule has 0 saturated heterocycles. The van der Waals surface area contributed by atoms with Crippen molar-refractivity contribution < 1.29 is 9.53 Å². The molecule has 0 aliphatic heterocycles. The highest BCUT2D eigenvalue weighted by Crippen LogP contribution is 2.18. The molecule has 88 valence electrons. The lowest BCUT2D eigenvalue weighted by Gasteiger charge is -2.20. The number of hydrogen-bond acceptors (Lipinski definition) is 4. The van der Waals surface area contributed by atoms with Gasteiger partial charge in [-0.05, 0) is 38.5 Å². The predicted molar refractivity (Wildman–Crippen MR) is 63.9 cm³/mol.